The predicted molar refractivity (Wildman–Crippen MR) is 160 cm³/mol. The Labute approximate surface area is 265 Å². The van der Waals surface area contributed by atoms with Crippen LogP contribution < -0.4 is 10.6 Å². The highest BCUT2D eigenvalue weighted by Crippen LogP contribution is 2.34. The number of aliphatic hydroxyl groups is 1. The van der Waals surface area contributed by atoms with E-state index >= 15 is 0 Å². The Kier molecular flexibility index (Phi) is 8.63. The molecule has 11 nitrogen and oxygen atoms in total. The zero-order chi connectivity index (χ0) is 33.3. The average Bonchev–Trinajstić information content (AvgIpc) is 3.70. The van der Waals surface area contributed by atoms with Gasteiger partial charge in [0.2, 0.25) is 0 Å². The van der Waals surface area contributed by atoms with Crippen molar-refractivity contribution in [3.05, 3.63) is 119 Å². The number of nitrogens with zero attached hydrogens (tertiary/aromatic N) is 9. The maximum atomic E-state index is 15.0. The molecule has 0 amide bonds. The third-order valence-electron chi connectivity index (χ3n) is 8.48. The van der Waals surface area contributed by atoms with Crippen LogP contribution in [0.5, 0.6) is 0 Å². The molecule has 0 unspecified atom stereocenters. The van der Waals surface area contributed by atoms with E-state index in [9.17, 15) is 31.9 Å². The van der Waals surface area contributed by atoms with Crippen LogP contribution in [-0.4, -0.2) is 76.3 Å². The zero-order valence-corrected chi connectivity index (χ0v) is 25.1. The Morgan fingerprint density at radius 1 is 0.957 bits per heavy atom. The van der Waals surface area contributed by atoms with Gasteiger partial charge in [-0.25, -0.2) is 37.5 Å². The van der Waals surface area contributed by atoms with Crippen molar-refractivity contribution in [2.75, 3.05) is 31.1 Å². The van der Waals surface area contributed by atoms with Crippen LogP contribution in [-0.2, 0) is 24.9 Å². The second-order valence-electron chi connectivity index (χ2n) is 11.4. The normalized spacial score (nSPS) is 16.3. The fourth-order valence-electron chi connectivity index (χ4n) is 5.84. The van der Waals surface area contributed by atoms with Gasteiger partial charge in [0.1, 0.15) is 42.0 Å². The summed E-state index contributed by atoms with van der Waals surface area (Å²) >= 11 is 0. The predicted octanol–water partition coefficient (Wildman–Crippen LogP) is 3.46. The molecule has 0 aliphatic carbocycles. The van der Waals surface area contributed by atoms with E-state index in [0.29, 0.717) is 32.0 Å². The smallest absolute Gasteiger partial charge is 0.381 e. The molecule has 1 fully saturated rings. The Morgan fingerprint density at radius 3 is 2.40 bits per heavy atom. The number of pyridine rings is 1. The quantitative estimate of drug-likeness (QED) is 0.241. The summed E-state index contributed by atoms with van der Waals surface area (Å²) < 4.78 is 71.6. The molecule has 246 valence electrons. The van der Waals surface area contributed by atoms with Crippen molar-refractivity contribution < 1.29 is 27.1 Å². The van der Waals surface area contributed by atoms with E-state index < -0.39 is 40.7 Å². The molecule has 0 spiro atoms. The first-order valence-corrected chi connectivity index (χ1v) is 14.7. The first kappa shape index (κ1) is 32.0. The van der Waals surface area contributed by atoms with E-state index in [4.69, 9.17) is 0 Å². The summed E-state index contributed by atoms with van der Waals surface area (Å²) in [5.74, 6) is -1.31. The van der Waals surface area contributed by atoms with Gasteiger partial charge in [-0.1, -0.05) is 18.2 Å². The van der Waals surface area contributed by atoms with Gasteiger partial charge in [0.15, 0.2) is 0 Å². The minimum absolute atomic E-state index is 0.0440. The first-order valence-electron chi connectivity index (χ1n) is 14.7. The van der Waals surface area contributed by atoms with Crippen LogP contribution in [0.3, 0.4) is 0 Å². The summed E-state index contributed by atoms with van der Waals surface area (Å²) in [6, 6.07) is 10.7. The van der Waals surface area contributed by atoms with E-state index in [1.165, 1.54) is 46.4 Å². The van der Waals surface area contributed by atoms with Crippen molar-refractivity contribution in [3.8, 4) is 5.82 Å². The molecule has 1 aliphatic rings. The maximum Gasteiger partial charge on any atom is 0.416 e. The van der Waals surface area contributed by atoms with Crippen molar-refractivity contribution in [1.29, 1.82) is 0 Å². The second-order valence-corrected chi connectivity index (χ2v) is 11.4. The van der Waals surface area contributed by atoms with E-state index in [1.54, 1.807) is 25.3 Å². The van der Waals surface area contributed by atoms with Gasteiger partial charge in [-0.05, 0) is 42.8 Å². The number of alkyl halides is 3. The van der Waals surface area contributed by atoms with E-state index in [1.807, 2.05) is 4.90 Å². The fraction of sp³-hybridized carbons (Fsp3) is 0.323. The Bertz CT molecular complexity index is 1880. The number of halogens is 5. The molecule has 2 aromatic carbocycles. The molecule has 5 aromatic rings. The van der Waals surface area contributed by atoms with Gasteiger partial charge in [0.05, 0.1) is 30.5 Å². The third kappa shape index (κ3) is 6.64. The third-order valence-corrected chi connectivity index (χ3v) is 8.48. The average molecular weight is 656 g/mol. The lowest BCUT2D eigenvalue weighted by atomic mass is 9.85. The summed E-state index contributed by atoms with van der Waals surface area (Å²) in [6.07, 6.45) is 1.11. The largest absolute Gasteiger partial charge is 0.416 e. The molecule has 1 N–H and O–H groups in total. The molecule has 47 heavy (non-hydrogen) atoms. The summed E-state index contributed by atoms with van der Waals surface area (Å²) in [5.41, 5.74) is -2.09. The van der Waals surface area contributed by atoms with Crippen LogP contribution in [0.25, 0.3) is 5.82 Å². The molecular formula is C31H30F5N9O2. The van der Waals surface area contributed by atoms with Crippen molar-refractivity contribution >= 4 is 5.69 Å². The minimum Gasteiger partial charge on any atom is -0.381 e. The molecular weight excluding hydrogens is 625 g/mol. The van der Waals surface area contributed by atoms with Gasteiger partial charge in [-0.15, -0.1) is 0 Å². The van der Waals surface area contributed by atoms with Gasteiger partial charge in [-0.2, -0.15) is 23.4 Å². The fourth-order valence-corrected chi connectivity index (χ4v) is 5.84. The number of hydrogen-bond acceptors (Lipinski definition) is 8. The minimum atomic E-state index is -4.50. The van der Waals surface area contributed by atoms with Crippen LogP contribution >= 0.6 is 0 Å². The van der Waals surface area contributed by atoms with Crippen LogP contribution in [0.15, 0.2) is 84.6 Å². The molecule has 4 heterocycles. The van der Waals surface area contributed by atoms with Crippen LogP contribution in [0.4, 0.5) is 27.6 Å². The molecule has 16 heteroatoms. The molecule has 1 aliphatic heterocycles. The van der Waals surface area contributed by atoms with Crippen LogP contribution in [0, 0.1) is 11.6 Å². The van der Waals surface area contributed by atoms with Crippen molar-refractivity contribution in [2.24, 2.45) is 0 Å². The monoisotopic (exact) mass is 655 g/mol. The summed E-state index contributed by atoms with van der Waals surface area (Å²) in [6.45, 7) is 3.66. The standard InChI is InChI=1S/C31H30F5N9O2/c1-21(30(47,17-43-19-37-18-39-43)26-7-5-24(32)14-27(26)33)41-9-11-42(12-10-41)25-6-8-28(38-15-25)44-20-40-45(29(44)46)16-22-3-2-4-23(13-22)31(34,35)36/h2-8,13-15,18-21,47H,9-12,16-17H2,1H3/t21-,30-/m1/s1. The lowest BCUT2D eigenvalue weighted by Gasteiger charge is -2.45. The van der Waals surface area contributed by atoms with Crippen molar-refractivity contribution in [2.45, 2.75) is 37.8 Å². The number of rotatable bonds is 9. The van der Waals surface area contributed by atoms with Gasteiger partial charge >= 0.3 is 11.9 Å². The van der Waals surface area contributed by atoms with Crippen molar-refractivity contribution in [1.82, 2.24) is 39.0 Å². The van der Waals surface area contributed by atoms with Gasteiger partial charge in [0.25, 0.3) is 0 Å². The Morgan fingerprint density at radius 2 is 1.74 bits per heavy atom. The highest BCUT2D eigenvalue weighted by atomic mass is 19.4. The molecule has 0 bridgehead atoms. The highest BCUT2D eigenvalue weighted by Gasteiger charge is 2.42. The molecule has 3 aromatic heterocycles. The number of anilines is 1. The van der Waals surface area contributed by atoms with E-state index in [-0.39, 0.29) is 24.2 Å². The second kappa shape index (κ2) is 12.7. The number of hydrogen-bond donors (Lipinski definition) is 1. The lowest BCUT2D eigenvalue weighted by Crippen LogP contribution is -2.57. The number of aromatic nitrogens is 7. The van der Waals surface area contributed by atoms with Crippen molar-refractivity contribution in [3.63, 3.8) is 0 Å². The maximum absolute atomic E-state index is 15.0. The highest BCUT2D eigenvalue weighted by molar-refractivity contribution is 5.47. The lowest BCUT2D eigenvalue weighted by molar-refractivity contribution is -0.137. The Balaban J connectivity index is 1.13. The molecule has 6 rings (SSSR count). The van der Waals surface area contributed by atoms with E-state index in [2.05, 4.69) is 25.1 Å². The topological polar surface area (TPSA) is 110 Å². The van der Waals surface area contributed by atoms with Crippen LogP contribution in [0.2, 0.25) is 0 Å². The summed E-state index contributed by atoms with van der Waals surface area (Å²) in [5, 5.41) is 20.0. The molecule has 0 saturated carbocycles. The Hall–Kier alpha value is -4.96. The first-order chi connectivity index (χ1) is 22.4. The van der Waals surface area contributed by atoms with Crippen LogP contribution in [0.1, 0.15) is 23.6 Å². The van der Waals surface area contributed by atoms with Gasteiger partial charge in [-0.3, -0.25) is 4.90 Å². The number of benzene rings is 2. The summed E-state index contributed by atoms with van der Waals surface area (Å²) in [4.78, 5) is 25.4. The zero-order valence-electron chi connectivity index (χ0n) is 25.1. The summed E-state index contributed by atoms with van der Waals surface area (Å²) in [7, 11) is 0. The van der Waals surface area contributed by atoms with Gasteiger partial charge in [0, 0.05) is 43.9 Å². The molecule has 0 radical (unpaired) electrons. The number of piperazine rings is 1. The molecule has 2 atom stereocenters. The SMILES string of the molecule is C[C@@H](N1CCN(c2ccc(-n3cnn(Cc4cccc(C(F)(F)F)c4)c3=O)nc2)CC1)[C@](O)(Cn1cncn1)c1ccc(F)cc1F. The van der Waals surface area contributed by atoms with E-state index in [0.717, 1.165) is 34.6 Å². The van der Waals surface area contributed by atoms with Gasteiger partial charge < -0.3 is 10.0 Å². The molecule has 1 saturated heterocycles.